The monoisotopic (exact) mass is 985 g/mol. The van der Waals surface area contributed by atoms with Crippen LogP contribution in [0.3, 0.4) is 0 Å². The molecule has 6 atom stereocenters. The Morgan fingerprint density at radius 3 is 1.31 bits per heavy atom. The molecule has 4 N–H and O–H groups in total. The second-order valence-electron chi connectivity index (χ2n) is 19.7. The summed E-state index contributed by atoms with van der Waals surface area (Å²) in [5.41, 5.74) is 0. The summed E-state index contributed by atoms with van der Waals surface area (Å²) in [6, 6.07) is 0. The smallest absolute Gasteiger partial charge is 0.306 e. The van der Waals surface area contributed by atoms with Gasteiger partial charge in [0.25, 0.3) is 0 Å². The average Bonchev–Trinajstić information content (AvgIpc) is 3.36. The first-order valence-corrected chi connectivity index (χ1v) is 29.0. The number of aliphatic hydroxyl groups is 4. The second kappa shape index (κ2) is 51.5. The molecule has 0 aromatic carbocycles. The number of aliphatic hydroxyl groups excluding tert-OH is 4. The van der Waals surface area contributed by atoms with E-state index in [1.807, 2.05) is 0 Å². The molecular formula is C61H108O9. The zero-order valence-corrected chi connectivity index (χ0v) is 45.0. The van der Waals surface area contributed by atoms with Gasteiger partial charge in [-0.2, -0.15) is 0 Å². The molecule has 406 valence electrons. The summed E-state index contributed by atoms with van der Waals surface area (Å²) in [5, 5.41) is 40.4. The molecule has 9 heteroatoms. The van der Waals surface area contributed by atoms with Gasteiger partial charge in [-0.05, 0) is 64.2 Å². The van der Waals surface area contributed by atoms with Crippen molar-refractivity contribution in [3.05, 3.63) is 72.9 Å². The van der Waals surface area contributed by atoms with Gasteiger partial charge in [-0.3, -0.25) is 4.79 Å². The Balaban J connectivity index is 2.18. The Hall–Kier alpha value is -2.37. The highest BCUT2D eigenvalue weighted by molar-refractivity contribution is 5.69. The van der Waals surface area contributed by atoms with Gasteiger partial charge < -0.3 is 39.4 Å². The van der Waals surface area contributed by atoms with E-state index in [1.54, 1.807) is 0 Å². The Morgan fingerprint density at radius 1 is 0.471 bits per heavy atom. The van der Waals surface area contributed by atoms with Crippen LogP contribution in [0.25, 0.3) is 0 Å². The third-order valence-electron chi connectivity index (χ3n) is 13.1. The second-order valence-corrected chi connectivity index (χ2v) is 19.7. The van der Waals surface area contributed by atoms with Gasteiger partial charge in [0.2, 0.25) is 0 Å². The van der Waals surface area contributed by atoms with Crippen molar-refractivity contribution in [1.29, 1.82) is 0 Å². The fraction of sp³-hybridized carbons (Fsp3) is 0.787. The predicted octanol–water partition coefficient (Wildman–Crippen LogP) is 15.2. The zero-order chi connectivity index (χ0) is 50.6. The SMILES string of the molecule is CC/C=C\C/C=C\C/C=C\C/C=C\C/C=C\C/C=C\CCCCCCCOCC(COC1OC(CO)C(O)C(O)C1O)OC(=O)CCCCCCCCCCCCCCCCCCCCCCCCC. The molecule has 1 heterocycles. The number of allylic oxidation sites excluding steroid dienone is 12. The van der Waals surface area contributed by atoms with Gasteiger partial charge in [0, 0.05) is 13.0 Å². The maximum Gasteiger partial charge on any atom is 0.306 e. The normalized spacial score (nSPS) is 19.4. The van der Waals surface area contributed by atoms with Gasteiger partial charge in [-0.1, -0.05) is 247 Å². The molecule has 0 spiro atoms. The highest BCUT2D eigenvalue weighted by atomic mass is 16.7. The number of carbonyl (C=O) groups excluding carboxylic acids is 1. The van der Waals surface area contributed by atoms with Crippen LogP contribution in [0, 0.1) is 0 Å². The summed E-state index contributed by atoms with van der Waals surface area (Å²) in [6.07, 6.45) is 62.3. The molecule has 0 saturated carbocycles. The van der Waals surface area contributed by atoms with Crippen LogP contribution in [0.4, 0.5) is 0 Å². The number of carbonyl (C=O) groups is 1. The Labute approximate surface area is 429 Å². The summed E-state index contributed by atoms with van der Waals surface area (Å²) in [6.45, 7) is 4.43. The number of ether oxygens (including phenoxy) is 4. The first kappa shape index (κ1) is 65.6. The van der Waals surface area contributed by atoms with Crippen LogP contribution in [0.5, 0.6) is 0 Å². The van der Waals surface area contributed by atoms with Crippen LogP contribution in [0.1, 0.15) is 245 Å². The molecule has 1 saturated heterocycles. The summed E-state index contributed by atoms with van der Waals surface area (Å²) in [5.74, 6) is -0.318. The Kier molecular flexibility index (Phi) is 48.3. The average molecular weight is 986 g/mol. The fourth-order valence-corrected chi connectivity index (χ4v) is 8.67. The molecule has 70 heavy (non-hydrogen) atoms. The fourth-order valence-electron chi connectivity index (χ4n) is 8.67. The van der Waals surface area contributed by atoms with Crippen molar-refractivity contribution in [1.82, 2.24) is 0 Å². The summed E-state index contributed by atoms with van der Waals surface area (Å²) in [4.78, 5) is 12.9. The third-order valence-corrected chi connectivity index (χ3v) is 13.1. The van der Waals surface area contributed by atoms with Crippen LogP contribution in [-0.2, 0) is 23.7 Å². The van der Waals surface area contributed by atoms with Crippen molar-refractivity contribution >= 4 is 5.97 Å². The maximum absolute atomic E-state index is 12.9. The molecule has 1 rings (SSSR count). The summed E-state index contributed by atoms with van der Waals surface area (Å²) < 4.78 is 23.0. The van der Waals surface area contributed by atoms with Gasteiger partial charge in [0.15, 0.2) is 6.29 Å². The molecule has 1 fully saturated rings. The molecule has 0 amide bonds. The van der Waals surface area contributed by atoms with E-state index in [0.717, 1.165) is 89.9 Å². The van der Waals surface area contributed by atoms with E-state index >= 15 is 0 Å². The maximum atomic E-state index is 12.9. The lowest BCUT2D eigenvalue weighted by atomic mass is 9.99. The molecular weight excluding hydrogens is 877 g/mol. The third kappa shape index (κ3) is 41.1. The van der Waals surface area contributed by atoms with Gasteiger partial charge in [-0.15, -0.1) is 0 Å². The van der Waals surface area contributed by atoms with Crippen molar-refractivity contribution in [3.8, 4) is 0 Å². The number of rotatable bonds is 50. The lowest BCUT2D eigenvalue weighted by molar-refractivity contribution is -0.305. The van der Waals surface area contributed by atoms with Crippen molar-refractivity contribution in [3.63, 3.8) is 0 Å². The standard InChI is InChI=1S/C61H108O9/c1-3-5-7-9-11-13-15-17-19-21-23-25-27-29-31-33-35-37-39-41-43-45-47-49-51-67-53-55(54-68-61-60(66)59(65)58(64)56(52-62)70-61)69-57(63)50-48-46-44-42-40-38-36-34-32-30-28-26-24-22-20-18-16-14-12-10-8-6-4-2/h5,7,11,13,17,19,23,25,29,31,35,37,55-56,58-62,64-66H,3-4,6,8-10,12,14-16,18,20-22,24,26-28,30,32-34,36,38-54H2,1-2H3/b7-5-,13-11-,19-17-,25-23-,31-29-,37-35-. The van der Waals surface area contributed by atoms with Crippen LogP contribution >= 0.6 is 0 Å². The van der Waals surface area contributed by atoms with Crippen LogP contribution in [0.2, 0.25) is 0 Å². The predicted molar refractivity (Wildman–Crippen MR) is 293 cm³/mol. The van der Waals surface area contributed by atoms with Crippen molar-refractivity contribution in [2.24, 2.45) is 0 Å². The van der Waals surface area contributed by atoms with Gasteiger partial charge in [0.1, 0.15) is 30.5 Å². The number of esters is 1. The quantitative estimate of drug-likeness (QED) is 0.0267. The first-order chi connectivity index (χ1) is 34.4. The molecule has 6 unspecified atom stereocenters. The van der Waals surface area contributed by atoms with E-state index in [2.05, 4.69) is 86.8 Å². The van der Waals surface area contributed by atoms with E-state index in [4.69, 9.17) is 18.9 Å². The minimum atomic E-state index is -1.54. The Bertz CT molecular complexity index is 1310. The molecule has 0 aromatic heterocycles. The number of unbranched alkanes of at least 4 members (excludes halogenated alkanes) is 27. The Morgan fingerprint density at radius 2 is 0.871 bits per heavy atom. The van der Waals surface area contributed by atoms with E-state index in [1.165, 1.54) is 135 Å². The van der Waals surface area contributed by atoms with Gasteiger partial charge in [-0.25, -0.2) is 0 Å². The molecule has 1 aliphatic rings. The van der Waals surface area contributed by atoms with Crippen LogP contribution in [-0.4, -0.2) is 89.6 Å². The van der Waals surface area contributed by atoms with Crippen molar-refractivity contribution in [2.45, 2.75) is 282 Å². The molecule has 0 bridgehead atoms. The topological polar surface area (TPSA) is 135 Å². The number of hydrogen-bond acceptors (Lipinski definition) is 9. The molecule has 0 aromatic rings. The van der Waals surface area contributed by atoms with Crippen LogP contribution < -0.4 is 0 Å². The summed E-state index contributed by atoms with van der Waals surface area (Å²) >= 11 is 0. The highest BCUT2D eigenvalue weighted by Crippen LogP contribution is 2.23. The van der Waals surface area contributed by atoms with Crippen LogP contribution in [0.15, 0.2) is 72.9 Å². The van der Waals surface area contributed by atoms with Gasteiger partial charge in [0.05, 0.1) is 19.8 Å². The van der Waals surface area contributed by atoms with E-state index in [-0.39, 0.29) is 19.2 Å². The largest absolute Gasteiger partial charge is 0.457 e. The zero-order valence-electron chi connectivity index (χ0n) is 45.0. The van der Waals surface area contributed by atoms with Gasteiger partial charge >= 0.3 is 5.97 Å². The highest BCUT2D eigenvalue weighted by Gasteiger charge is 2.44. The molecule has 0 aliphatic carbocycles. The lowest BCUT2D eigenvalue weighted by Gasteiger charge is -2.39. The molecule has 1 aliphatic heterocycles. The van der Waals surface area contributed by atoms with Crippen molar-refractivity contribution < 1.29 is 44.2 Å². The first-order valence-electron chi connectivity index (χ1n) is 29.0. The minimum absolute atomic E-state index is 0.123. The van der Waals surface area contributed by atoms with Crippen molar-refractivity contribution in [2.75, 3.05) is 26.4 Å². The molecule has 0 radical (unpaired) electrons. The minimum Gasteiger partial charge on any atom is -0.457 e. The van der Waals surface area contributed by atoms with E-state index in [0.29, 0.717) is 13.0 Å². The molecule has 9 nitrogen and oxygen atoms in total. The van der Waals surface area contributed by atoms with E-state index < -0.39 is 43.4 Å². The number of hydrogen-bond donors (Lipinski definition) is 4. The summed E-state index contributed by atoms with van der Waals surface area (Å²) in [7, 11) is 0. The van der Waals surface area contributed by atoms with E-state index in [9.17, 15) is 25.2 Å². The lowest BCUT2D eigenvalue weighted by Crippen LogP contribution is -2.59.